The second-order valence-electron chi connectivity index (χ2n) is 10.7. The van der Waals surface area contributed by atoms with Gasteiger partial charge in [0.25, 0.3) is 11.8 Å². The SMILES string of the molecule is CCC(Sc1cccc(NC(=O)/C(=C/c2ccc(Br)cc2)NC(=O)c2ccccc2)c1)C(=O)Nc1nc(-c2ccc(C)cc2)c(C)s1. The van der Waals surface area contributed by atoms with Crippen molar-refractivity contribution in [2.75, 3.05) is 10.6 Å². The van der Waals surface area contributed by atoms with Crippen molar-refractivity contribution in [2.24, 2.45) is 0 Å². The normalized spacial score (nSPS) is 11.9. The molecule has 238 valence electrons. The number of thiazole rings is 1. The van der Waals surface area contributed by atoms with Crippen LogP contribution in [0.2, 0.25) is 0 Å². The summed E-state index contributed by atoms with van der Waals surface area (Å²) in [5.74, 6) is -1.02. The molecule has 3 amide bonds. The Morgan fingerprint density at radius 1 is 0.894 bits per heavy atom. The van der Waals surface area contributed by atoms with E-state index in [9.17, 15) is 14.4 Å². The zero-order chi connectivity index (χ0) is 33.3. The number of hydrogen-bond acceptors (Lipinski definition) is 6. The van der Waals surface area contributed by atoms with E-state index in [1.807, 2.05) is 93.6 Å². The molecule has 0 aliphatic rings. The number of aromatic nitrogens is 1. The number of anilines is 2. The number of nitrogens with zero attached hydrogens (tertiary/aromatic N) is 1. The molecule has 0 aliphatic carbocycles. The Hall–Kier alpha value is -4.51. The predicted molar refractivity (Wildman–Crippen MR) is 197 cm³/mol. The topological polar surface area (TPSA) is 100 Å². The van der Waals surface area contributed by atoms with Gasteiger partial charge in [0, 0.05) is 31.1 Å². The Morgan fingerprint density at radius 3 is 2.32 bits per heavy atom. The number of hydrogen-bond donors (Lipinski definition) is 3. The second kappa shape index (κ2) is 15.9. The monoisotopic (exact) mass is 724 g/mol. The fraction of sp³-hybridized carbons (Fsp3) is 0.135. The van der Waals surface area contributed by atoms with Crippen LogP contribution in [0.5, 0.6) is 0 Å². The molecule has 5 aromatic rings. The number of carbonyl (C=O) groups excluding carboxylic acids is 3. The molecule has 0 bridgehead atoms. The van der Waals surface area contributed by atoms with Gasteiger partial charge in [0.2, 0.25) is 5.91 Å². The van der Waals surface area contributed by atoms with Crippen LogP contribution in [0, 0.1) is 13.8 Å². The van der Waals surface area contributed by atoms with Crippen LogP contribution in [-0.2, 0) is 9.59 Å². The number of amides is 3. The smallest absolute Gasteiger partial charge is 0.272 e. The standard InChI is InChI=1S/C37H33BrN4O3S2/c1-4-32(36(45)42-37-41-33(24(3)46-37)26-17-13-23(2)14-18-26)47-30-12-8-11-29(22-30)39-35(44)31(21-25-15-19-28(38)20-16-25)40-34(43)27-9-6-5-7-10-27/h5-22,32H,4H2,1-3H3,(H,39,44)(H,40,43)(H,41,42,45)/b31-21-. The van der Waals surface area contributed by atoms with Crippen LogP contribution in [0.3, 0.4) is 0 Å². The molecule has 1 unspecified atom stereocenters. The minimum Gasteiger partial charge on any atom is -0.321 e. The van der Waals surface area contributed by atoms with Gasteiger partial charge >= 0.3 is 0 Å². The average molecular weight is 726 g/mol. The molecule has 0 aliphatic heterocycles. The highest BCUT2D eigenvalue weighted by atomic mass is 79.9. The molecule has 4 aromatic carbocycles. The number of carbonyl (C=O) groups is 3. The van der Waals surface area contributed by atoms with E-state index in [0.717, 1.165) is 31.1 Å². The number of nitrogens with one attached hydrogen (secondary N) is 3. The van der Waals surface area contributed by atoms with Crippen molar-refractivity contribution in [3.63, 3.8) is 0 Å². The van der Waals surface area contributed by atoms with E-state index in [-0.39, 0.29) is 16.9 Å². The van der Waals surface area contributed by atoms with Crippen molar-refractivity contribution in [1.29, 1.82) is 0 Å². The molecular weight excluding hydrogens is 692 g/mol. The lowest BCUT2D eigenvalue weighted by Crippen LogP contribution is -2.30. The van der Waals surface area contributed by atoms with E-state index in [1.165, 1.54) is 28.7 Å². The summed E-state index contributed by atoms with van der Waals surface area (Å²) >= 11 is 6.29. The van der Waals surface area contributed by atoms with Crippen LogP contribution in [-0.4, -0.2) is 28.0 Å². The van der Waals surface area contributed by atoms with Crippen LogP contribution < -0.4 is 16.0 Å². The van der Waals surface area contributed by atoms with Crippen molar-refractivity contribution in [3.8, 4) is 11.3 Å². The minimum absolute atomic E-state index is 0.0915. The first-order chi connectivity index (χ1) is 22.7. The Labute approximate surface area is 291 Å². The zero-order valence-corrected chi connectivity index (χ0v) is 29.3. The van der Waals surface area contributed by atoms with Gasteiger partial charge in [-0.2, -0.15) is 0 Å². The molecule has 10 heteroatoms. The van der Waals surface area contributed by atoms with E-state index < -0.39 is 11.8 Å². The number of halogens is 1. The van der Waals surface area contributed by atoms with Gasteiger partial charge in [-0.05, 0) is 74.4 Å². The Morgan fingerprint density at radius 2 is 1.62 bits per heavy atom. The third-order valence-electron chi connectivity index (χ3n) is 7.10. The fourth-order valence-electron chi connectivity index (χ4n) is 4.62. The lowest BCUT2D eigenvalue weighted by atomic mass is 10.1. The van der Waals surface area contributed by atoms with Gasteiger partial charge in [0.05, 0.1) is 10.9 Å². The fourth-order valence-corrected chi connectivity index (χ4v) is 6.73. The summed E-state index contributed by atoms with van der Waals surface area (Å²) in [5, 5.41) is 8.85. The lowest BCUT2D eigenvalue weighted by molar-refractivity contribution is -0.116. The van der Waals surface area contributed by atoms with E-state index in [0.29, 0.717) is 22.8 Å². The molecule has 3 N–H and O–H groups in total. The summed E-state index contributed by atoms with van der Waals surface area (Å²) in [6.45, 7) is 6.00. The van der Waals surface area contributed by atoms with E-state index >= 15 is 0 Å². The summed E-state index contributed by atoms with van der Waals surface area (Å²) in [4.78, 5) is 46.4. The highest BCUT2D eigenvalue weighted by molar-refractivity contribution is 9.10. The molecule has 0 radical (unpaired) electrons. The van der Waals surface area contributed by atoms with Crippen molar-refractivity contribution >= 4 is 73.6 Å². The van der Waals surface area contributed by atoms with Gasteiger partial charge in [0.15, 0.2) is 5.13 Å². The summed E-state index contributed by atoms with van der Waals surface area (Å²) in [6, 6.07) is 31.6. The number of aryl methyl sites for hydroxylation is 2. The Bertz CT molecular complexity index is 1910. The molecule has 1 aromatic heterocycles. The highest BCUT2D eigenvalue weighted by Gasteiger charge is 2.21. The lowest BCUT2D eigenvalue weighted by Gasteiger charge is -2.15. The van der Waals surface area contributed by atoms with E-state index in [1.54, 1.807) is 36.4 Å². The van der Waals surface area contributed by atoms with Crippen molar-refractivity contribution in [1.82, 2.24) is 10.3 Å². The molecule has 0 saturated heterocycles. The maximum Gasteiger partial charge on any atom is 0.272 e. The maximum absolute atomic E-state index is 13.5. The van der Waals surface area contributed by atoms with Gasteiger partial charge in [-0.15, -0.1) is 23.1 Å². The summed E-state index contributed by atoms with van der Waals surface area (Å²) in [6.07, 6.45) is 2.22. The third-order valence-corrected chi connectivity index (χ3v) is 9.87. The molecule has 47 heavy (non-hydrogen) atoms. The first-order valence-corrected chi connectivity index (χ1v) is 17.4. The zero-order valence-electron chi connectivity index (χ0n) is 26.0. The van der Waals surface area contributed by atoms with Gasteiger partial charge in [-0.3, -0.25) is 14.4 Å². The Balaban J connectivity index is 1.28. The molecular formula is C37H33BrN4O3S2. The van der Waals surface area contributed by atoms with Crippen LogP contribution in [0.15, 0.2) is 118 Å². The first-order valence-electron chi connectivity index (χ1n) is 15.0. The van der Waals surface area contributed by atoms with Crippen LogP contribution >= 0.6 is 39.0 Å². The molecule has 7 nitrogen and oxygen atoms in total. The number of thioether (sulfide) groups is 1. The number of benzene rings is 4. The summed E-state index contributed by atoms with van der Waals surface area (Å²) in [7, 11) is 0. The minimum atomic E-state index is -0.479. The summed E-state index contributed by atoms with van der Waals surface area (Å²) < 4.78 is 0.899. The second-order valence-corrected chi connectivity index (χ2v) is 14.1. The van der Waals surface area contributed by atoms with E-state index in [2.05, 4.69) is 31.9 Å². The Kier molecular flexibility index (Phi) is 11.4. The molecule has 5 rings (SSSR count). The maximum atomic E-state index is 13.5. The van der Waals surface area contributed by atoms with Crippen LogP contribution in [0.4, 0.5) is 10.8 Å². The highest BCUT2D eigenvalue weighted by Crippen LogP contribution is 2.33. The molecule has 0 spiro atoms. The van der Waals surface area contributed by atoms with Crippen LogP contribution in [0.1, 0.15) is 39.7 Å². The first kappa shape index (κ1) is 33.8. The molecule has 0 saturated carbocycles. The van der Waals surface area contributed by atoms with Crippen molar-refractivity contribution in [2.45, 2.75) is 37.3 Å². The molecule has 1 heterocycles. The largest absolute Gasteiger partial charge is 0.321 e. The van der Waals surface area contributed by atoms with Crippen LogP contribution in [0.25, 0.3) is 17.3 Å². The van der Waals surface area contributed by atoms with Gasteiger partial charge in [-0.25, -0.2) is 4.98 Å². The van der Waals surface area contributed by atoms with Crippen molar-refractivity contribution < 1.29 is 14.4 Å². The third kappa shape index (κ3) is 9.28. The van der Waals surface area contributed by atoms with Gasteiger partial charge in [-0.1, -0.05) is 89.1 Å². The molecule has 1 atom stereocenters. The van der Waals surface area contributed by atoms with Crippen molar-refractivity contribution in [3.05, 3.63) is 135 Å². The number of rotatable bonds is 11. The van der Waals surface area contributed by atoms with E-state index in [4.69, 9.17) is 4.98 Å². The predicted octanol–water partition coefficient (Wildman–Crippen LogP) is 9.11. The average Bonchev–Trinajstić information content (AvgIpc) is 3.44. The summed E-state index contributed by atoms with van der Waals surface area (Å²) in [5.41, 5.74) is 4.85. The van der Waals surface area contributed by atoms with Gasteiger partial charge in [0.1, 0.15) is 5.70 Å². The molecule has 0 fully saturated rings. The quantitative estimate of drug-likeness (QED) is 0.0932. The van der Waals surface area contributed by atoms with Gasteiger partial charge < -0.3 is 16.0 Å².